The number of anilines is 1. The summed E-state index contributed by atoms with van der Waals surface area (Å²) in [5.74, 6) is -1.04. The van der Waals surface area contributed by atoms with Gasteiger partial charge in [0.15, 0.2) is 0 Å². The Bertz CT molecular complexity index is 602. The third-order valence-electron chi connectivity index (χ3n) is 2.27. The van der Waals surface area contributed by atoms with Crippen LogP contribution >= 0.6 is 11.6 Å². The van der Waals surface area contributed by atoms with Gasteiger partial charge < -0.3 is 10.5 Å². The first-order valence-electron chi connectivity index (χ1n) is 5.29. The minimum atomic E-state index is -0.556. The molecular formula is C11H10ClFN4O2. The Morgan fingerprint density at radius 2 is 2.32 bits per heavy atom. The zero-order chi connectivity index (χ0) is 13.8. The largest absolute Gasteiger partial charge is 0.459 e. The number of rotatable bonds is 4. The van der Waals surface area contributed by atoms with E-state index in [0.29, 0.717) is 5.56 Å². The van der Waals surface area contributed by atoms with Crippen molar-refractivity contribution in [3.8, 4) is 0 Å². The van der Waals surface area contributed by atoms with Gasteiger partial charge in [-0.25, -0.2) is 14.1 Å². The summed E-state index contributed by atoms with van der Waals surface area (Å²) in [6.45, 7) is -0.239. The third kappa shape index (κ3) is 3.41. The molecule has 100 valence electrons. The molecule has 0 unspecified atom stereocenters. The van der Waals surface area contributed by atoms with Crippen LogP contribution in [0.4, 0.5) is 10.3 Å². The first-order chi connectivity index (χ1) is 9.06. The maximum atomic E-state index is 13.1. The summed E-state index contributed by atoms with van der Waals surface area (Å²) in [5.41, 5.74) is 5.70. The quantitative estimate of drug-likeness (QED) is 0.858. The number of nitrogen functional groups attached to an aromatic ring is 1. The summed E-state index contributed by atoms with van der Waals surface area (Å²) in [6, 6.07) is 4.29. The molecule has 6 nitrogen and oxygen atoms in total. The van der Waals surface area contributed by atoms with Gasteiger partial charge >= 0.3 is 5.97 Å². The lowest BCUT2D eigenvalue weighted by Crippen LogP contribution is -2.14. The highest BCUT2D eigenvalue weighted by Crippen LogP contribution is 2.20. The van der Waals surface area contributed by atoms with Crippen LogP contribution in [-0.4, -0.2) is 20.7 Å². The average Bonchev–Trinajstić information content (AvgIpc) is 2.76. The number of esters is 1. The molecule has 0 saturated heterocycles. The van der Waals surface area contributed by atoms with Crippen molar-refractivity contribution in [3.63, 3.8) is 0 Å². The minimum Gasteiger partial charge on any atom is -0.459 e. The Kier molecular flexibility index (Phi) is 3.96. The summed E-state index contributed by atoms with van der Waals surface area (Å²) in [6.07, 6.45) is 1.31. The van der Waals surface area contributed by atoms with Gasteiger partial charge in [-0.1, -0.05) is 23.7 Å². The number of nitrogens with zero attached hydrogens (tertiary/aromatic N) is 3. The van der Waals surface area contributed by atoms with Crippen LogP contribution in [0.3, 0.4) is 0 Å². The fraction of sp³-hybridized carbons (Fsp3) is 0.182. The topological polar surface area (TPSA) is 83.0 Å². The van der Waals surface area contributed by atoms with E-state index in [0.717, 1.165) is 0 Å². The molecule has 1 heterocycles. The molecule has 1 aromatic heterocycles. The molecule has 0 fully saturated rings. The van der Waals surface area contributed by atoms with Crippen LogP contribution in [0.2, 0.25) is 5.02 Å². The molecular weight excluding hydrogens is 275 g/mol. The predicted octanol–water partition coefficient (Wildman–Crippen LogP) is 1.40. The van der Waals surface area contributed by atoms with Crippen LogP contribution in [-0.2, 0) is 22.7 Å². The monoisotopic (exact) mass is 284 g/mol. The molecule has 0 aliphatic rings. The van der Waals surface area contributed by atoms with E-state index in [1.807, 2.05) is 0 Å². The van der Waals surface area contributed by atoms with Crippen molar-refractivity contribution in [1.82, 2.24) is 14.8 Å². The molecule has 19 heavy (non-hydrogen) atoms. The lowest BCUT2D eigenvalue weighted by Gasteiger charge is -2.06. The van der Waals surface area contributed by atoms with Crippen molar-refractivity contribution in [2.45, 2.75) is 13.2 Å². The van der Waals surface area contributed by atoms with Gasteiger partial charge in [-0.2, -0.15) is 0 Å². The van der Waals surface area contributed by atoms with Crippen LogP contribution in [0.1, 0.15) is 5.56 Å². The molecule has 0 spiro atoms. The van der Waals surface area contributed by atoms with Gasteiger partial charge in [0.25, 0.3) is 0 Å². The molecule has 2 rings (SSSR count). The van der Waals surface area contributed by atoms with Crippen LogP contribution in [0.5, 0.6) is 0 Å². The molecule has 0 aliphatic heterocycles. The second kappa shape index (κ2) is 5.66. The molecule has 0 amide bonds. The minimum absolute atomic E-state index is 0.0553. The number of halogens is 2. The lowest BCUT2D eigenvalue weighted by atomic mass is 10.2. The van der Waals surface area contributed by atoms with Crippen molar-refractivity contribution in [3.05, 3.63) is 40.9 Å². The van der Waals surface area contributed by atoms with Gasteiger partial charge in [0.1, 0.15) is 25.3 Å². The Balaban J connectivity index is 1.91. The molecule has 0 saturated carbocycles. The van der Waals surface area contributed by atoms with Gasteiger partial charge in [-0.05, 0) is 6.07 Å². The first kappa shape index (κ1) is 13.3. The van der Waals surface area contributed by atoms with Crippen molar-refractivity contribution in [2.75, 3.05) is 5.73 Å². The zero-order valence-corrected chi connectivity index (χ0v) is 10.5. The Labute approximate surface area is 112 Å². The number of carbonyl (C=O) groups is 1. The SMILES string of the molecule is Nc1ncn(CC(=O)OCc2cccc(F)c2Cl)n1. The standard InChI is InChI=1S/C11H10ClFN4O2/c12-10-7(2-1-3-8(10)13)5-19-9(18)4-17-6-15-11(14)16-17/h1-3,6H,4-5H2,(H2,14,16). The molecule has 0 aliphatic carbocycles. The Morgan fingerprint density at radius 3 is 3.00 bits per heavy atom. The molecule has 0 bridgehead atoms. The van der Waals surface area contributed by atoms with Crippen LogP contribution < -0.4 is 5.73 Å². The number of nitrogens with two attached hydrogens (primary N) is 1. The highest BCUT2D eigenvalue weighted by molar-refractivity contribution is 6.31. The van der Waals surface area contributed by atoms with Crippen LogP contribution in [0.15, 0.2) is 24.5 Å². The molecule has 8 heteroatoms. The summed E-state index contributed by atoms with van der Waals surface area (Å²) >= 11 is 5.73. The maximum Gasteiger partial charge on any atom is 0.328 e. The summed E-state index contributed by atoms with van der Waals surface area (Å²) in [5, 5.41) is 3.68. The normalized spacial score (nSPS) is 10.4. The second-order valence-corrected chi connectivity index (χ2v) is 4.05. The van der Waals surface area contributed by atoms with E-state index in [4.69, 9.17) is 22.1 Å². The van der Waals surface area contributed by atoms with E-state index < -0.39 is 11.8 Å². The van der Waals surface area contributed by atoms with Crippen molar-refractivity contribution >= 4 is 23.5 Å². The van der Waals surface area contributed by atoms with Crippen molar-refractivity contribution in [1.29, 1.82) is 0 Å². The van der Waals surface area contributed by atoms with Crippen molar-refractivity contribution in [2.24, 2.45) is 0 Å². The Morgan fingerprint density at radius 1 is 1.53 bits per heavy atom. The van der Waals surface area contributed by atoms with E-state index in [1.165, 1.54) is 23.1 Å². The van der Waals surface area contributed by atoms with E-state index in [9.17, 15) is 9.18 Å². The number of benzene rings is 1. The first-order valence-corrected chi connectivity index (χ1v) is 5.67. The van der Waals surface area contributed by atoms with Gasteiger partial charge in [0.2, 0.25) is 5.95 Å². The van der Waals surface area contributed by atoms with Gasteiger partial charge in [-0.3, -0.25) is 4.79 Å². The number of hydrogen-bond acceptors (Lipinski definition) is 5. The summed E-state index contributed by atoms with van der Waals surface area (Å²) < 4.78 is 19.3. The molecule has 0 atom stereocenters. The molecule has 2 aromatic rings. The highest BCUT2D eigenvalue weighted by Gasteiger charge is 2.10. The van der Waals surface area contributed by atoms with E-state index in [-0.39, 0.29) is 24.1 Å². The Hall–Kier alpha value is -2.15. The summed E-state index contributed by atoms with van der Waals surface area (Å²) in [4.78, 5) is 15.2. The average molecular weight is 285 g/mol. The van der Waals surface area contributed by atoms with Crippen LogP contribution in [0.25, 0.3) is 0 Å². The van der Waals surface area contributed by atoms with Gasteiger partial charge in [0, 0.05) is 5.56 Å². The zero-order valence-electron chi connectivity index (χ0n) is 9.72. The fourth-order valence-corrected chi connectivity index (χ4v) is 1.56. The maximum absolute atomic E-state index is 13.1. The molecule has 1 aromatic carbocycles. The smallest absolute Gasteiger partial charge is 0.328 e. The van der Waals surface area contributed by atoms with Gasteiger partial charge in [0.05, 0.1) is 5.02 Å². The molecule has 2 N–H and O–H groups in total. The number of ether oxygens (including phenoxy) is 1. The number of hydrogen-bond donors (Lipinski definition) is 1. The van der Waals surface area contributed by atoms with E-state index >= 15 is 0 Å². The predicted molar refractivity (Wildman–Crippen MR) is 65.6 cm³/mol. The summed E-state index contributed by atoms with van der Waals surface area (Å²) in [7, 11) is 0. The van der Waals surface area contributed by atoms with Gasteiger partial charge in [-0.15, -0.1) is 5.10 Å². The van der Waals surface area contributed by atoms with E-state index in [1.54, 1.807) is 6.07 Å². The lowest BCUT2D eigenvalue weighted by molar-refractivity contribution is -0.145. The second-order valence-electron chi connectivity index (χ2n) is 3.67. The van der Waals surface area contributed by atoms with E-state index in [2.05, 4.69) is 10.1 Å². The number of carbonyl (C=O) groups excluding carboxylic acids is 1. The third-order valence-corrected chi connectivity index (χ3v) is 2.69. The molecule has 0 radical (unpaired) electrons. The van der Waals surface area contributed by atoms with Crippen molar-refractivity contribution < 1.29 is 13.9 Å². The fourth-order valence-electron chi connectivity index (χ4n) is 1.38. The highest BCUT2D eigenvalue weighted by atomic mass is 35.5. The van der Waals surface area contributed by atoms with Crippen LogP contribution in [0, 0.1) is 5.82 Å². The number of aromatic nitrogens is 3.